The Labute approximate surface area is 81.5 Å². The summed E-state index contributed by atoms with van der Waals surface area (Å²) < 4.78 is 5.96. The van der Waals surface area contributed by atoms with E-state index in [1.54, 1.807) is 0 Å². The number of methoxy groups -OCH3 is 1. The largest absolute Gasteiger partial charge is 0.463 e. The van der Waals surface area contributed by atoms with Gasteiger partial charge in [-0.1, -0.05) is 6.92 Å². The van der Waals surface area contributed by atoms with E-state index < -0.39 is 5.97 Å². The summed E-state index contributed by atoms with van der Waals surface area (Å²) in [7, 11) is 1.28. The first kappa shape index (κ1) is 10.6. The molecule has 6 heteroatoms. The van der Waals surface area contributed by atoms with Crippen molar-refractivity contribution in [2.24, 2.45) is 5.92 Å². The molecule has 1 unspecified atom stereocenters. The van der Waals surface area contributed by atoms with Crippen LogP contribution in [0.5, 0.6) is 0 Å². The Morgan fingerprint density at radius 1 is 1.79 bits per heavy atom. The Bertz CT molecular complexity index is 311. The first-order chi connectivity index (χ1) is 6.67. The molecule has 6 nitrogen and oxygen atoms in total. The highest BCUT2D eigenvalue weighted by Gasteiger charge is 2.11. The van der Waals surface area contributed by atoms with Crippen LogP contribution in [0.3, 0.4) is 0 Å². The third-order valence-electron chi connectivity index (χ3n) is 1.71. The van der Waals surface area contributed by atoms with E-state index in [-0.39, 0.29) is 18.3 Å². The van der Waals surface area contributed by atoms with Gasteiger partial charge >= 0.3 is 5.97 Å². The average molecular weight is 199 g/mol. The van der Waals surface area contributed by atoms with Gasteiger partial charge in [-0.25, -0.2) is 9.78 Å². The van der Waals surface area contributed by atoms with E-state index in [2.05, 4.69) is 14.8 Å². The van der Waals surface area contributed by atoms with Gasteiger partial charge in [0.05, 0.1) is 7.11 Å². The molecule has 0 aliphatic carbocycles. The van der Waals surface area contributed by atoms with E-state index in [1.165, 1.54) is 18.1 Å². The second-order valence-corrected chi connectivity index (χ2v) is 3.07. The molecule has 0 aliphatic rings. The number of aliphatic hydroxyl groups excluding tert-OH is 1. The maximum absolute atomic E-state index is 11.0. The highest BCUT2D eigenvalue weighted by molar-refractivity contribution is 5.84. The minimum absolute atomic E-state index is 0.0395. The van der Waals surface area contributed by atoms with E-state index >= 15 is 0 Å². The Morgan fingerprint density at radius 2 is 2.50 bits per heavy atom. The maximum atomic E-state index is 11.0. The minimum Gasteiger partial charge on any atom is -0.463 e. The van der Waals surface area contributed by atoms with Crippen molar-refractivity contribution < 1.29 is 14.6 Å². The van der Waals surface area contributed by atoms with Crippen molar-refractivity contribution in [2.45, 2.75) is 13.5 Å². The predicted octanol–water partition coefficient (Wildman–Crippen LogP) is -0.307. The van der Waals surface area contributed by atoms with Crippen molar-refractivity contribution in [3.8, 4) is 0 Å². The van der Waals surface area contributed by atoms with Crippen LogP contribution in [-0.2, 0) is 11.3 Å². The van der Waals surface area contributed by atoms with Crippen molar-refractivity contribution in [2.75, 3.05) is 13.7 Å². The zero-order chi connectivity index (χ0) is 10.6. The number of esters is 1. The number of carbonyl (C=O) groups is 1. The summed E-state index contributed by atoms with van der Waals surface area (Å²) in [4.78, 5) is 14.7. The van der Waals surface area contributed by atoms with E-state index in [0.717, 1.165) is 0 Å². The lowest BCUT2D eigenvalue weighted by Gasteiger charge is -2.05. The summed E-state index contributed by atoms with van der Waals surface area (Å²) in [6.45, 7) is 2.48. The first-order valence-corrected chi connectivity index (χ1v) is 4.26. The van der Waals surface area contributed by atoms with Crippen LogP contribution in [0.2, 0.25) is 0 Å². The van der Waals surface area contributed by atoms with Gasteiger partial charge < -0.3 is 9.84 Å². The molecule has 0 aromatic carbocycles. The van der Waals surface area contributed by atoms with Crippen molar-refractivity contribution in [1.29, 1.82) is 0 Å². The zero-order valence-corrected chi connectivity index (χ0v) is 8.17. The number of aromatic nitrogens is 3. The lowest BCUT2D eigenvalue weighted by Crippen LogP contribution is -2.12. The van der Waals surface area contributed by atoms with Crippen molar-refractivity contribution in [3.05, 3.63) is 12.2 Å². The summed E-state index contributed by atoms with van der Waals surface area (Å²) in [5.74, 6) is -0.430. The number of hydrogen-bond acceptors (Lipinski definition) is 5. The molecule has 0 amide bonds. The molecule has 0 fully saturated rings. The van der Waals surface area contributed by atoms with Gasteiger partial charge in [0.2, 0.25) is 0 Å². The normalized spacial score (nSPS) is 12.5. The second kappa shape index (κ2) is 4.71. The molecule has 0 spiro atoms. The van der Waals surface area contributed by atoms with Crippen molar-refractivity contribution >= 4 is 5.97 Å². The van der Waals surface area contributed by atoms with Crippen molar-refractivity contribution in [1.82, 2.24) is 14.8 Å². The molecule has 1 N–H and O–H groups in total. The number of hydrogen-bond donors (Lipinski definition) is 1. The van der Waals surface area contributed by atoms with Crippen LogP contribution in [-0.4, -0.2) is 39.6 Å². The van der Waals surface area contributed by atoms with Crippen LogP contribution in [0, 0.1) is 5.92 Å². The third-order valence-corrected chi connectivity index (χ3v) is 1.71. The third kappa shape index (κ3) is 2.53. The molecule has 1 aromatic rings. The fourth-order valence-electron chi connectivity index (χ4n) is 0.944. The van der Waals surface area contributed by atoms with Gasteiger partial charge in [-0.05, 0) is 5.92 Å². The van der Waals surface area contributed by atoms with E-state index in [4.69, 9.17) is 5.11 Å². The van der Waals surface area contributed by atoms with Crippen LogP contribution < -0.4 is 0 Å². The van der Waals surface area contributed by atoms with E-state index in [9.17, 15) is 4.79 Å². The van der Waals surface area contributed by atoms with E-state index in [0.29, 0.717) is 6.54 Å². The second-order valence-electron chi connectivity index (χ2n) is 3.07. The molecular formula is C8H13N3O3. The quantitative estimate of drug-likeness (QED) is 0.673. The highest BCUT2D eigenvalue weighted by Crippen LogP contribution is 1.99. The lowest BCUT2D eigenvalue weighted by molar-refractivity contribution is 0.0586. The van der Waals surface area contributed by atoms with Gasteiger partial charge in [0, 0.05) is 13.2 Å². The first-order valence-electron chi connectivity index (χ1n) is 4.26. The lowest BCUT2D eigenvalue weighted by atomic mass is 10.2. The van der Waals surface area contributed by atoms with Gasteiger partial charge in [0.1, 0.15) is 6.33 Å². The number of rotatable bonds is 4. The van der Waals surface area contributed by atoms with Gasteiger partial charge in [-0.15, -0.1) is 5.10 Å². The Balaban J connectivity index is 2.63. The van der Waals surface area contributed by atoms with Crippen molar-refractivity contribution in [3.63, 3.8) is 0 Å². The Hall–Kier alpha value is -1.43. The molecule has 1 heterocycles. The summed E-state index contributed by atoms with van der Waals surface area (Å²) in [5, 5.41) is 12.7. The zero-order valence-electron chi connectivity index (χ0n) is 8.17. The Morgan fingerprint density at radius 3 is 3.07 bits per heavy atom. The monoisotopic (exact) mass is 199 g/mol. The number of nitrogens with zero attached hydrogens (tertiary/aromatic N) is 3. The van der Waals surface area contributed by atoms with E-state index in [1.807, 2.05) is 6.92 Å². The smallest absolute Gasteiger partial charge is 0.377 e. The maximum Gasteiger partial charge on any atom is 0.377 e. The molecule has 1 atom stereocenters. The van der Waals surface area contributed by atoms with Gasteiger partial charge in [-0.2, -0.15) is 0 Å². The Kier molecular flexibility index (Phi) is 3.58. The van der Waals surface area contributed by atoms with Crippen LogP contribution in [0.4, 0.5) is 0 Å². The van der Waals surface area contributed by atoms with Crippen LogP contribution in [0.25, 0.3) is 0 Å². The van der Waals surface area contributed by atoms with Gasteiger partial charge in [-0.3, -0.25) is 4.68 Å². The summed E-state index contributed by atoms with van der Waals surface area (Å²) in [6, 6.07) is 0. The van der Waals surface area contributed by atoms with Gasteiger partial charge in [0.25, 0.3) is 5.82 Å². The number of aliphatic hydroxyl groups is 1. The SMILES string of the molecule is COC(=O)c1ncn(CC(C)CO)n1. The molecular weight excluding hydrogens is 186 g/mol. The van der Waals surface area contributed by atoms with Crippen LogP contribution in [0.1, 0.15) is 17.5 Å². The molecule has 78 valence electrons. The molecule has 0 saturated carbocycles. The van der Waals surface area contributed by atoms with Crippen LogP contribution in [0.15, 0.2) is 6.33 Å². The fraction of sp³-hybridized carbons (Fsp3) is 0.625. The predicted molar refractivity (Wildman–Crippen MR) is 47.6 cm³/mol. The van der Waals surface area contributed by atoms with Gasteiger partial charge in [0.15, 0.2) is 0 Å². The molecule has 1 rings (SSSR count). The molecule has 0 aliphatic heterocycles. The molecule has 0 radical (unpaired) electrons. The topological polar surface area (TPSA) is 77.2 Å². The minimum atomic E-state index is -0.555. The fourth-order valence-corrected chi connectivity index (χ4v) is 0.944. The summed E-state index contributed by atoms with van der Waals surface area (Å²) in [5.41, 5.74) is 0. The highest BCUT2D eigenvalue weighted by atomic mass is 16.5. The molecule has 14 heavy (non-hydrogen) atoms. The number of ether oxygens (including phenoxy) is 1. The molecule has 0 bridgehead atoms. The summed E-state index contributed by atoms with van der Waals surface area (Å²) >= 11 is 0. The molecule has 0 saturated heterocycles. The summed E-state index contributed by atoms with van der Waals surface area (Å²) in [6.07, 6.45) is 1.44. The average Bonchev–Trinajstić information content (AvgIpc) is 2.65. The standard InChI is InChI=1S/C8H13N3O3/c1-6(4-12)3-11-5-9-7(10-11)8(13)14-2/h5-6,12H,3-4H2,1-2H3. The van der Waals surface area contributed by atoms with Crippen LogP contribution >= 0.6 is 0 Å². The number of carbonyl (C=O) groups excluding carboxylic acids is 1. The molecule has 1 aromatic heterocycles.